The van der Waals surface area contributed by atoms with Gasteiger partial charge in [-0.1, -0.05) is 6.07 Å². The van der Waals surface area contributed by atoms with Gasteiger partial charge in [-0.05, 0) is 37.3 Å². The molecule has 1 unspecified atom stereocenters. The lowest BCUT2D eigenvalue weighted by Crippen LogP contribution is -2.32. The highest BCUT2D eigenvalue weighted by Crippen LogP contribution is 2.23. The molecule has 2 aromatic rings. The summed E-state index contributed by atoms with van der Waals surface area (Å²) in [7, 11) is -2.32. The molecule has 1 N–H and O–H groups in total. The normalized spacial score (nSPS) is 12.2. The summed E-state index contributed by atoms with van der Waals surface area (Å²) in [4.78, 5) is 16.0. The van der Waals surface area contributed by atoms with Crippen LogP contribution in [0.2, 0.25) is 0 Å². The minimum atomic E-state index is -3.78. The fourth-order valence-electron chi connectivity index (χ4n) is 2.37. The standard InChI is InChI=1S/C18H22N2O5S/c1-3-25-18(21)11-17(13-20-14-6-5-9-19-12-14)26(22,23)16-8-4-7-15(10-16)24-2/h4-10,12,17,20H,3,11,13H2,1-2H3. The Labute approximate surface area is 153 Å². The maximum Gasteiger partial charge on any atom is 0.307 e. The molecule has 1 atom stereocenters. The van der Waals surface area contributed by atoms with Gasteiger partial charge < -0.3 is 14.8 Å². The van der Waals surface area contributed by atoms with Gasteiger partial charge in [0, 0.05) is 18.9 Å². The van der Waals surface area contributed by atoms with Crippen LogP contribution in [-0.2, 0) is 19.4 Å². The highest BCUT2D eigenvalue weighted by atomic mass is 32.2. The number of ether oxygens (including phenoxy) is 2. The van der Waals surface area contributed by atoms with Crippen LogP contribution < -0.4 is 10.1 Å². The van der Waals surface area contributed by atoms with Gasteiger partial charge in [-0.15, -0.1) is 0 Å². The molecule has 0 aliphatic carbocycles. The number of hydrogen-bond donors (Lipinski definition) is 1. The summed E-state index contributed by atoms with van der Waals surface area (Å²) < 4.78 is 36.1. The van der Waals surface area contributed by atoms with Crippen molar-refractivity contribution in [2.75, 3.05) is 25.6 Å². The molecule has 1 aromatic heterocycles. The summed E-state index contributed by atoms with van der Waals surface area (Å²) in [5.74, 6) is -0.127. The van der Waals surface area contributed by atoms with Crippen molar-refractivity contribution in [2.24, 2.45) is 0 Å². The lowest BCUT2D eigenvalue weighted by atomic mass is 10.3. The first kappa shape index (κ1) is 19.7. The van der Waals surface area contributed by atoms with Crippen LogP contribution in [0.25, 0.3) is 0 Å². The molecule has 8 heteroatoms. The topological polar surface area (TPSA) is 94.6 Å². The van der Waals surface area contributed by atoms with E-state index in [2.05, 4.69) is 10.3 Å². The predicted octanol–water partition coefficient (Wildman–Crippen LogP) is 2.30. The van der Waals surface area contributed by atoms with Crippen molar-refractivity contribution in [1.29, 1.82) is 0 Å². The van der Waals surface area contributed by atoms with E-state index in [9.17, 15) is 13.2 Å². The van der Waals surface area contributed by atoms with Crippen LogP contribution in [0, 0.1) is 0 Å². The molecule has 26 heavy (non-hydrogen) atoms. The average Bonchev–Trinajstić information content (AvgIpc) is 2.66. The number of carbonyl (C=O) groups excluding carboxylic acids is 1. The van der Waals surface area contributed by atoms with Crippen molar-refractivity contribution >= 4 is 21.5 Å². The van der Waals surface area contributed by atoms with E-state index in [0.29, 0.717) is 11.4 Å². The maximum absolute atomic E-state index is 13.0. The number of benzene rings is 1. The summed E-state index contributed by atoms with van der Waals surface area (Å²) in [5, 5.41) is 2.02. The van der Waals surface area contributed by atoms with E-state index >= 15 is 0 Å². The molecular formula is C18H22N2O5S. The number of carbonyl (C=O) groups is 1. The van der Waals surface area contributed by atoms with Crippen LogP contribution >= 0.6 is 0 Å². The largest absolute Gasteiger partial charge is 0.497 e. The summed E-state index contributed by atoms with van der Waals surface area (Å²) in [6.07, 6.45) is 2.95. The van der Waals surface area contributed by atoms with Crippen molar-refractivity contribution < 1.29 is 22.7 Å². The lowest BCUT2D eigenvalue weighted by molar-refractivity contribution is -0.143. The van der Waals surface area contributed by atoms with Crippen LogP contribution in [-0.4, -0.2) is 44.9 Å². The Hall–Kier alpha value is -2.61. The van der Waals surface area contributed by atoms with Gasteiger partial charge in [0.05, 0.1) is 36.0 Å². The summed E-state index contributed by atoms with van der Waals surface area (Å²) in [6.45, 7) is 1.92. The minimum Gasteiger partial charge on any atom is -0.497 e. The highest BCUT2D eigenvalue weighted by molar-refractivity contribution is 7.92. The first-order valence-electron chi connectivity index (χ1n) is 8.14. The minimum absolute atomic E-state index is 0.0457. The number of rotatable bonds is 9. The van der Waals surface area contributed by atoms with Gasteiger partial charge in [0.2, 0.25) is 0 Å². The summed E-state index contributed by atoms with van der Waals surface area (Å²) in [5.41, 5.74) is 0.669. The van der Waals surface area contributed by atoms with Gasteiger partial charge in [-0.25, -0.2) is 8.42 Å². The van der Waals surface area contributed by atoms with E-state index < -0.39 is 21.1 Å². The molecule has 1 aromatic carbocycles. The number of nitrogens with one attached hydrogen (secondary N) is 1. The number of pyridine rings is 1. The molecule has 0 aliphatic heterocycles. The number of anilines is 1. The average molecular weight is 378 g/mol. The van der Waals surface area contributed by atoms with Crippen LogP contribution in [0.15, 0.2) is 53.7 Å². The Morgan fingerprint density at radius 1 is 1.27 bits per heavy atom. The first-order chi connectivity index (χ1) is 12.5. The summed E-state index contributed by atoms with van der Waals surface area (Å²) >= 11 is 0. The molecule has 0 bridgehead atoms. The fraction of sp³-hybridized carbons (Fsp3) is 0.333. The molecule has 140 valence electrons. The molecule has 0 radical (unpaired) electrons. The molecule has 0 amide bonds. The maximum atomic E-state index is 13.0. The molecule has 7 nitrogen and oxygen atoms in total. The molecule has 1 heterocycles. The Morgan fingerprint density at radius 2 is 2.08 bits per heavy atom. The monoisotopic (exact) mass is 378 g/mol. The van der Waals surface area contributed by atoms with E-state index in [0.717, 1.165) is 0 Å². The zero-order valence-electron chi connectivity index (χ0n) is 14.7. The molecular weight excluding hydrogens is 356 g/mol. The zero-order valence-corrected chi connectivity index (χ0v) is 15.5. The third-order valence-electron chi connectivity index (χ3n) is 3.70. The number of nitrogens with zero attached hydrogens (tertiary/aromatic N) is 1. The summed E-state index contributed by atoms with van der Waals surface area (Å²) in [6, 6.07) is 9.69. The van der Waals surface area contributed by atoms with Crippen LogP contribution in [0.1, 0.15) is 13.3 Å². The second kappa shape index (κ2) is 9.19. The predicted molar refractivity (Wildman–Crippen MR) is 97.9 cm³/mol. The van der Waals surface area contributed by atoms with E-state index in [-0.39, 0.29) is 24.5 Å². The van der Waals surface area contributed by atoms with E-state index in [4.69, 9.17) is 9.47 Å². The van der Waals surface area contributed by atoms with Crippen LogP contribution in [0.4, 0.5) is 5.69 Å². The van der Waals surface area contributed by atoms with Gasteiger partial charge in [0.1, 0.15) is 5.75 Å². The molecule has 0 spiro atoms. The van der Waals surface area contributed by atoms with Crippen molar-refractivity contribution in [1.82, 2.24) is 4.98 Å². The Kier molecular flexibility index (Phi) is 6.97. The fourth-order valence-corrected chi connectivity index (χ4v) is 3.96. The van der Waals surface area contributed by atoms with Crippen molar-refractivity contribution in [2.45, 2.75) is 23.5 Å². The third-order valence-corrected chi connectivity index (χ3v) is 5.83. The molecule has 0 saturated carbocycles. The van der Waals surface area contributed by atoms with Gasteiger partial charge >= 0.3 is 5.97 Å². The second-order valence-electron chi connectivity index (χ2n) is 5.48. The van der Waals surface area contributed by atoms with Gasteiger partial charge in [0.15, 0.2) is 9.84 Å². The quantitative estimate of drug-likeness (QED) is 0.669. The van der Waals surface area contributed by atoms with E-state index in [1.165, 1.54) is 19.2 Å². The van der Waals surface area contributed by atoms with Crippen molar-refractivity contribution in [3.63, 3.8) is 0 Å². The van der Waals surface area contributed by atoms with Gasteiger partial charge in [0.25, 0.3) is 0 Å². The second-order valence-corrected chi connectivity index (χ2v) is 7.71. The third kappa shape index (κ3) is 5.19. The number of esters is 1. The van der Waals surface area contributed by atoms with Gasteiger partial charge in [-0.3, -0.25) is 9.78 Å². The highest BCUT2D eigenvalue weighted by Gasteiger charge is 2.30. The Balaban J connectivity index is 2.26. The lowest BCUT2D eigenvalue weighted by Gasteiger charge is -2.18. The smallest absolute Gasteiger partial charge is 0.307 e. The first-order valence-corrected chi connectivity index (χ1v) is 9.69. The Morgan fingerprint density at radius 3 is 2.73 bits per heavy atom. The van der Waals surface area contributed by atoms with E-state index in [1.54, 1.807) is 43.6 Å². The van der Waals surface area contributed by atoms with Gasteiger partial charge in [-0.2, -0.15) is 0 Å². The molecule has 0 aliphatic rings. The number of sulfone groups is 1. The van der Waals surface area contributed by atoms with E-state index in [1.807, 2.05) is 0 Å². The number of aromatic nitrogens is 1. The number of hydrogen-bond acceptors (Lipinski definition) is 7. The zero-order chi connectivity index (χ0) is 19.0. The Bertz CT molecular complexity index is 824. The molecule has 0 saturated heterocycles. The van der Waals surface area contributed by atoms with Crippen LogP contribution in [0.3, 0.4) is 0 Å². The van der Waals surface area contributed by atoms with Crippen molar-refractivity contribution in [3.8, 4) is 5.75 Å². The number of methoxy groups -OCH3 is 1. The van der Waals surface area contributed by atoms with Crippen molar-refractivity contribution in [3.05, 3.63) is 48.8 Å². The molecule has 0 fully saturated rings. The molecule has 2 rings (SSSR count). The van der Waals surface area contributed by atoms with Crippen LogP contribution in [0.5, 0.6) is 5.75 Å². The SMILES string of the molecule is CCOC(=O)CC(CNc1cccnc1)S(=O)(=O)c1cccc(OC)c1.